The standard InChI is InChI=1S/C8H4ClF2IN2/c9-7-4(1-2-13)6(12)5(3-14-7)8(10)11/h3,8H,1H2. The quantitative estimate of drug-likeness (QED) is 0.617. The highest BCUT2D eigenvalue weighted by atomic mass is 127. The number of nitrogens with zero attached hydrogens (tertiary/aromatic N) is 2. The lowest BCUT2D eigenvalue weighted by Gasteiger charge is -2.07. The average molecular weight is 328 g/mol. The van der Waals surface area contributed by atoms with Crippen LogP contribution in [0, 0.1) is 14.9 Å². The van der Waals surface area contributed by atoms with Crippen LogP contribution >= 0.6 is 34.2 Å². The van der Waals surface area contributed by atoms with Crippen molar-refractivity contribution >= 4 is 34.2 Å². The summed E-state index contributed by atoms with van der Waals surface area (Å²) in [7, 11) is 0. The van der Waals surface area contributed by atoms with Crippen LogP contribution < -0.4 is 0 Å². The summed E-state index contributed by atoms with van der Waals surface area (Å²) in [6.07, 6.45) is -1.57. The molecule has 0 aliphatic carbocycles. The summed E-state index contributed by atoms with van der Waals surface area (Å²) in [4.78, 5) is 3.61. The molecule has 1 heterocycles. The smallest absolute Gasteiger partial charge is 0.244 e. The highest BCUT2D eigenvalue weighted by Gasteiger charge is 2.17. The van der Waals surface area contributed by atoms with Gasteiger partial charge >= 0.3 is 0 Å². The number of aromatic nitrogens is 1. The molecule has 74 valence electrons. The fourth-order valence-corrected chi connectivity index (χ4v) is 2.10. The van der Waals surface area contributed by atoms with E-state index in [0.29, 0.717) is 9.13 Å². The fraction of sp³-hybridized carbons (Fsp3) is 0.250. The summed E-state index contributed by atoms with van der Waals surface area (Å²) in [5.41, 5.74) is 0.188. The molecule has 0 radical (unpaired) electrons. The molecule has 0 atom stereocenters. The molecular weight excluding hydrogens is 324 g/mol. The van der Waals surface area contributed by atoms with Crippen molar-refractivity contribution in [3.8, 4) is 6.07 Å². The van der Waals surface area contributed by atoms with Crippen molar-refractivity contribution < 1.29 is 8.78 Å². The molecule has 0 unspecified atom stereocenters. The van der Waals surface area contributed by atoms with Crippen LogP contribution in [0.4, 0.5) is 8.78 Å². The molecule has 6 heteroatoms. The van der Waals surface area contributed by atoms with E-state index in [1.54, 1.807) is 22.6 Å². The van der Waals surface area contributed by atoms with Gasteiger partial charge in [-0.2, -0.15) is 5.26 Å². The third-order valence-electron chi connectivity index (χ3n) is 1.58. The SMILES string of the molecule is N#CCc1c(Cl)ncc(C(F)F)c1I. The summed E-state index contributed by atoms with van der Waals surface area (Å²) in [6, 6.07) is 1.86. The number of halogens is 4. The molecule has 0 saturated heterocycles. The summed E-state index contributed by atoms with van der Waals surface area (Å²) in [6.45, 7) is 0. The monoisotopic (exact) mass is 328 g/mol. The Morgan fingerprint density at radius 3 is 2.79 bits per heavy atom. The number of alkyl halides is 2. The highest BCUT2D eigenvalue weighted by Crippen LogP contribution is 2.29. The Morgan fingerprint density at radius 2 is 2.29 bits per heavy atom. The Morgan fingerprint density at radius 1 is 1.64 bits per heavy atom. The van der Waals surface area contributed by atoms with Gasteiger partial charge in [0.1, 0.15) is 5.15 Å². The molecule has 0 bridgehead atoms. The molecule has 2 nitrogen and oxygen atoms in total. The van der Waals surface area contributed by atoms with Gasteiger partial charge in [0.25, 0.3) is 6.43 Å². The van der Waals surface area contributed by atoms with E-state index in [9.17, 15) is 8.78 Å². The molecule has 0 amide bonds. The number of hydrogen-bond acceptors (Lipinski definition) is 2. The Labute approximate surface area is 98.0 Å². The molecule has 0 spiro atoms. The molecule has 0 N–H and O–H groups in total. The van der Waals surface area contributed by atoms with E-state index in [4.69, 9.17) is 16.9 Å². The van der Waals surface area contributed by atoms with Crippen molar-refractivity contribution in [1.82, 2.24) is 4.98 Å². The zero-order valence-corrected chi connectivity index (χ0v) is 9.68. The first kappa shape index (κ1) is 11.6. The molecule has 0 aliphatic heterocycles. The Hall–Kier alpha value is -0.480. The van der Waals surface area contributed by atoms with Gasteiger partial charge in [0.15, 0.2) is 0 Å². The maximum Gasteiger partial charge on any atom is 0.266 e. The van der Waals surface area contributed by atoms with Gasteiger partial charge in [0.05, 0.1) is 12.5 Å². The Kier molecular flexibility index (Phi) is 4.01. The lowest BCUT2D eigenvalue weighted by Crippen LogP contribution is -1.99. The zero-order valence-electron chi connectivity index (χ0n) is 6.77. The van der Waals surface area contributed by atoms with Crippen molar-refractivity contribution in [1.29, 1.82) is 5.26 Å². The largest absolute Gasteiger partial charge is 0.266 e. The molecular formula is C8H4ClF2IN2. The molecule has 0 aromatic carbocycles. The maximum atomic E-state index is 12.4. The second kappa shape index (κ2) is 4.84. The van der Waals surface area contributed by atoms with Crippen molar-refractivity contribution in [3.63, 3.8) is 0 Å². The topological polar surface area (TPSA) is 36.7 Å². The summed E-state index contributed by atoms with van der Waals surface area (Å²) in [5, 5.41) is 8.58. The van der Waals surface area contributed by atoms with Crippen LogP contribution in [0.5, 0.6) is 0 Å². The number of hydrogen-bond donors (Lipinski definition) is 0. The molecule has 0 aliphatic rings. The minimum absolute atomic E-state index is 0.00926. The van der Waals surface area contributed by atoms with E-state index in [1.807, 2.05) is 6.07 Å². The van der Waals surface area contributed by atoms with Gasteiger partial charge in [0, 0.05) is 20.9 Å². The van der Waals surface area contributed by atoms with Crippen molar-refractivity contribution in [2.75, 3.05) is 0 Å². The van der Waals surface area contributed by atoms with Crippen molar-refractivity contribution in [2.24, 2.45) is 0 Å². The van der Waals surface area contributed by atoms with Gasteiger partial charge in [-0.15, -0.1) is 0 Å². The van der Waals surface area contributed by atoms with Gasteiger partial charge in [-0.05, 0) is 22.6 Å². The molecule has 1 aromatic heterocycles. The van der Waals surface area contributed by atoms with Crippen LogP contribution in [-0.2, 0) is 6.42 Å². The minimum Gasteiger partial charge on any atom is -0.244 e. The van der Waals surface area contributed by atoms with Crippen molar-refractivity contribution in [3.05, 3.63) is 26.0 Å². The number of pyridine rings is 1. The van der Waals surface area contributed by atoms with E-state index in [1.165, 1.54) is 0 Å². The summed E-state index contributed by atoms with van der Waals surface area (Å²) >= 11 is 7.42. The fourth-order valence-electron chi connectivity index (χ4n) is 0.907. The summed E-state index contributed by atoms with van der Waals surface area (Å²) < 4.78 is 25.1. The number of rotatable bonds is 2. The van der Waals surface area contributed by atoms with Crippen LogP contribution in [0.2, 0.25) is 5.15 Å². The second-order valence-corrected chi connectivity index (χ2v) is 3.87. The van der Waals surface area contributed by atoms with E-state index in [-0.39, 0.29) is 17.1 Å². The first-order valence-corrected chi connectivity index (χ1v) is 5.01. The Bertz CT molecular complexity index is 390. The number of nitriles is 1. The van der Waals surface area contributed by atoms with Crippen LogP contribution in [0.3, 0.4) is 0 Å². The third-order valence-corrected chi connectivity index (χ3v) is 3.17. The lowest BCUT2D eigenvalue weighted by atomic mass is 10.1. The van der Waals surface area contributed by atoms with E-state index < -0.39 is 6.43 Å². The molecule has 14 heavy (non-hydrogen) atoms. The van der Waals surface area contributed by atoms with E-state index in [0.717, 1.165) is 6.20 Å². The second-order valence-electron chi connectivity index (χ2n) is 2.43. The highest BCUT2D eigenvalue weighted by molar-refractivity contribution is 14.1. The predicted octanol–water partition coefficient (Wildman–Crippen LogP) is 3.34. The van der Waals surface area contributed by atoms with E-state index >= 15 is 0 Å². The van der Waals surface area contributed by atoms with E-state index in [2.05, 4.69) is 4.98 Å². The first-order valence-electron chi connectivity index (χ1n) is 3.55. The van der Waals surface area contributed by atoms with Crippen LogP contribution in [0.15, 0.2) is 6.20 Å². The predicted molar refractivity (Wildman–Crippen MR) is 56.2 cm³/mol. The van der Waals surface area contributed by atoms with Gasteiger partial charge in [0.2, 0.25) is 0 Å². The Balaban J connectivity index is 3.27. The van der Waals surface area contributed by atoms with Crippen LogP contribution in [0.1, 0.15) is 17.6 Å². The molecule has 1 rings (SSSR count). The lowest BCUT2D eigenvalue weighted by molar-refractivity contribution is 0.150. The maximum absolute atomic E-state index is 12.4. The van der Waals surface area contributed by atoms with Gasteiger partial charge in [-0.25, -0.2) is 13.8 Å². The van der Waals surface area contributed by atoms with Gasteiger partial charge in [-0.1, -0.05) is 11.6 Å². The normalized spacial score (nSPS) is 10.3. The third kappa shape index (κ3) is 2.30. The zero-order chi connectivity index (χ0) is 10.7. The van der Waals surface area contributed by atoms with Crippen molar-refractivity contribution in [2.45, 2.75) is 12.8 Å². The van der Waals surface area contributed by atoms with Gasteiger partial charge in [-0.3, -0.25) is 0 Å². The summed E-state index contributed by atoms with van der Waals surface area (Å²) in [5.74, 6) is 0. The first-order chi connectivity index (χ1) is 6.57. The molecule has 1 aromatic rings. The average Bonchev–Trinajstić information content (AvgIpc) is 2.11. The van der Waals surface area contributed by atoms with Crippen LogP contribution in [0.25, 0.3) is 0 Å². The van der Waals surface area contributed by atoms with Crippen LogP contribution in [-0.4, -0.2) is 4.98 Å². The van der Waals surface area contributed by atoms with Gasteiger partial charge < -0.3 is 0 Å². The molecule has 0 saturated carbocycles. The molecule has 0 fully saturated rings. The minimum atomic E-state index is -2.59.